The van der Waals surface area contributed by atoms with E-state index in [9.17, 15) is 13.2 Å². The number of tetrazole rings is 1. The van der Waals surface area contributed by atoms with E-state index in [4.69, 9.17) is 10.5 Å². The number of aromatic amines is 1. The fraction of sp³-hybridized carbons (Fsp3) is 0.188. The molecule has 1 aliphatic rings. The van der Waals surface area contributed by atoms with E-state index in [-0.39, 0.29) is 0 Å². The first-order valence-corrected chi connectivity index (χ1v) is 7.43. The molecule has 0 radical (unpaired) electrons. The van der Waals surface area contributed by atoms with Crippen LogP contribution < -0.4 is 10.5 Å². The van der Waals surface area contributed by atoms with E-state index in [1.165, 1.54) is 6.07 Å². The van der Waals surface area contributed by atoms with Crippen molar-refractivity contribution in [2.24, 2.45) is 0 Å². The summed E-state index contributed by atoms with van der Waals surface area (Å²) in [7, 11) is 0. The van der Waals surface area contributed by atoms with Gasteiger partial charge in [-0.1, -0.05) is 12.1 Å². The molecule has 0 spiro atoms. The second-order valence-corrected chi connectivity index (χ2v) is 5.69. The zero-order valence-electron chi connectivity index (χ0n) is 12.7. The van der Waals surface area contributed by atoms with Crippen molar-refractivity contribution >= 4 is 5.69 Å². The maximum Gasteiger partial charge on any atom is 0.416 e. The number of nitrogen functional groups attached to an aromatic ring is 1. The minimum absolute atomic E-state index is 0.307. The molecular formula is C16H12F3N5O. The summed E-state index contributed by atoms with van der Waals surface area (Å²) in [5.74, 6) is 0.846. The number of nitrogens with zero attached hydrogens (tertiary/aromatic N) is 3. The maximum atomic E-state index is 12.9. The first kappa shape index (κ1) is 15.4. The van der Waals surface area contributed by atoms with Crippen LogP contribution in [0.15, 0.2) is 36.4 Å². The topological polar surface area (TPSA) is 89.7 Å². The van der Waals surface area contributed by atoms with Crippen LogP contribution in [0.2, 0.25) is 0 Å². The number of ether oxygens (including phenoxy) is 1. The van der Waals surface area contributed by atoms with Crippen molar-refractivity contribution in [1.29, 1.82) is 0 Å². The van der Waals surface area contributed by atoms with Gasteiger partial charge in [0.1, 0.15) is 11.9 Å². The van der Waals surface area contributed by atoms with Gasteiger partial charge in [-0.3, -0.25) is 0 Å². The minimum Gasteiger partial charge on any atom is -0.485 e. The number of benzene rings is 2. The average Bonchev–Trinajstić information content (AvgIpc) is 3.23. The van der Waals surface area contributed by atoms with E-state index in [0.29, 0.717) is 40.4 Å². The van der Waals surface area contributed by atoms with Gasteiger partial charge in [-0.15, -0.1) is 5.10 Å². The van der Waals surface area contributed by atoms with Crippen molar-refractivity contribution in [2.45, 2.75) is 18.7 Å². The first-order chi connectivity index (χ1) is 11.9. The lowest BCUT2D eigenvalue weighted by Crippen LogP contribution is -2.08. The maximum absolute atomic E-state index is 12.9. The van der Waals surface area contributed by atoms with Crippen molar-refractivity contribution in [1.82, 2.24) is 20.6 Å². The molecule has 0 fully saturated rings. The van der Waals surface area contributed by atoms with Gasteiger partial charge in [0.2, 0.25) is 0 Å². The van der Waals surface area contributed by atoms with Gasteiger partial charge in [-0.05, 0) is 40.3 Å². The zero-order chi connectivity index (χ0) is 17.6. The molecule has 0 amide bonds. The number of nitrogens with two attached hydrogens (primary N) is 1. The van der Waals surface area contributed by atoms with Gasteiger partial charge in [0.25, 0.3) is 0 Å². The Morgan fingerprint density at radius 2 is 2.04 bits per heavy atom. The molecule has 1 atom stereocenters. The predicted molar refractivity (Wildman–Crippen MR) is 82.5 cm³/mol. The number of para-hydroxylation sites is 1. The predicted octanol–water partition coefficient (Wildman–Crippen LogP) is 3.14. The van der Waals surface area contributed by atoms with Gasteiger partial charge < -0.3 is 10.5 Å². The molecule has 4 rings (SSSR count). The Morgan fingerprint density at radius 1 is 1.20 bits per heavy atom. The van der Waals surface area contributed by atoms with Crippen molar-refractivity contribution in [3.05, 3.63) is 53.1 Å². The molecule has 0 aliphatic carbocycles. The minimum atomic E-state index is -4.38. The van der Waals surface area contributed by atoms with Crippen LogP contribution in [0.5, 0.6) is 5.75 Å². The van der Waals surface area contributed by atoms with Gasteiger partial charge in [-0.25, -0.2) is 5.10 Å². The highest BCUT2D eigenvalue weighted by Gasteiger charge is 2.34. The number of hydrogen-bond acceptors (Lipinski definition) is 5. The van der Waals surface area contributed by atoms with E-state index in [2.05, 4.69) is 20.6 Å². The summed E-state index contributed by atoms with van der Waals surface area (Å²) in [4.78, 5) is 0. The molecule has 3 aromatic rings. The Hall–Kier alpha value is -3.10. The molecule has 25 heavy (non-hydrogen) atoms. The van der Waals surface area contributed by atoms with Crippen molar-refractivity contribution < 1.29 is 17.9 Å². The molecule has 6 nitrogen and oxygen atoms in total. The van der Waals surface area contributed by atoms with Gasteiger partial charge >= 0.3 is 6.18 Å². The largest absolute Gasteiger partial charge is 0.485 e. The number of nitrogens with one attached hydrogen (secondary N) is 1. The highest BCUT2D eigenvalue weighted by molar-refractivity contribution is 5.74. The van der Waals surface area contributed by atoms with Crippen LogP contribution in [0.1, 0.15) is 22.8 Å². The highest BCUT2D eigenvalue weighted by Crippen LogP contribution is 2.42. The third-order valence-electron chi connectivity index (χ3n) is 4.15. The lowest BCUT2D eigenvalue weighted by Gasteiger charge is -2.15. The average molecular weight is 347 g/mol. The van der Waals surface area contributed by atoms with Crippen LogP contribution in [0.4, 0.5) is 18.9 Å². The number of H-pyrrole nitrogens is 1. The van der Waals surface area contributed by atoms with Crippen LogP contribution in [0.25, 0.3) is 11.4 Å². The number of anilines is 1. The summed E-state index contributed by atoms with van der Waals surface area (Å²) in [6, 6.07) is 8.79. The number of alkyl halides is 3. The van der Waals surface area contributed by atoms with Gasteiger partial charge in [0, 0.05) is 23.2 Å². The second kappa shape index (κ2) is 5.47. The highest BCUT2D eigenvalue weighted by atomic mass is 19.4. The summed E-state index contributed by atoms with van der Waals surface area (Å²) < 4.78 is 44.4. The number of hydrogen-bond donors (Lipinski definition) is 2. The number of aromatic nitrogens is 4. The van der Waals surface area contributed by atoms with E-state index in [1.807, 2.05) is 0 Å². The van der Waals surface area contributed by atoms with Crippen LogP contribution in [0, 0.1) is 0 Å². The Kier molecular flexibility index (Phi) is 3.38. The molecule has 0 bridgehead atoms. The molecule has 1 unspecified atom stereocenters. The van der Waals surface area contributed by atoms with E-state index < -0.39 is 17.8 Å². The Balaban J connectivity index is 1.67. The lowest BCUT2D eigenvalue weighted by molar-refractivity contribution is -0.137. The third-order valence-corrected chi connectivity index (χ3v) is 4.15. The van der Waals surface area contributed by atoms with E-state index in [0.717, 1.165) is 12.1 Å². The standard InChI is InChI=1S/C16H12F3N5O/c17-16(18,19)9-4-5-12-8(6-9)7-13(25-12)10-2-1-3-11(14(10)20)15-21-23-24-22-15/h1-6,13H,7,20H2,(H,21,22,23,24). The van der Waals surface area contributed by atoms with Crippen molar-refractivity contribution in [3.63, 3.8) is 0 Å². The Labute approximate surface area is 139 Å². The SMILES string of the molecule is Nc1c(-c2nnn[nH]2)cccc1C1Cc2cc(C(F)(F)F)ccc2O1. The summed E-state index contributed by atoms with van der Waals surface area (Å²) in [6.07, 6.45) is -4.54. The van der Waals surface area contributed by atoms with Crippen LogP contribution in [-0.4, -0.2) is 20.6 Å². The molecule has 3 N–H and O–H groups in total. The third kappa shape index (κ3) is 2.67. The Bertz CT molecular complexity index is 924. The fourth-order valence-electron chi connectivity index (χ4n) is 2.94. The Morgan fingerprint density at radius 3 is 2.76 bits per heavy atom. The molecule has 2 heterocycles. The first-order valence-electron chi connectivity index (χ1n) is 7.43. The van der Waals surface area contributed by atoms with Gasteiger partial charge in [-0.2, -0.15) is 13.2 Å². The molecule has 9 heteroatoms. The van der Waals surface area contributed by atoms with E-state index in [1.54, 1.807) is 18.2 Å². The smallest absolute Gasteiger partial charge is 0.416 e. The summed E-state index contributed by atoms with van der Waals surface area (Å²) in [5, 5.41) is 13.5. The molecule has 128 valence electrons. The molecule has 1 aromatic heterocycles. The molecular weight excluding hydrogens is 335 g/mol. The van der Waals surface area contributed by atoms with Crippen LogP contribution in [-0.2, 0) is 12.6 Å². The molecule has 2 aromatic carbocycles. The number of fused-ring (bicyclic) bond motifs is 1. The number of rotatable bonds is 2. The monoisotopic (exact) mass is 347 g/mol. The fourth-order valence-corrected chi connectivity index (χ4v) is 2.94. The summed E-state index contributed by atoms with van der Waals surface area (Å²) >= 11 is 0. The zero-order valence-corrected chi connectivity index (χ0v) is 12.7. The molecule has 1 aliphatic heterocycles. The van der Waals surface area contributed by atoms with Crippen molar-refractivity contribution in [2.75, 3.05) is 5.73 Å². The molecule has 0 saturated carbocycles. The second-order valence-electron chi connectivity index (χ2n) is 5.69. The summed E-state index contributed by atoms with van der Waals surface area (Å²) in [6.45, 7) is 0. The van der Waals surface area contributed by atoms with Crippen LogP contribution in [0.3, 0.4) is 0 Å². The number of halogens is 3. The van der Waals surface area contributed by atoms with Gasteiger partial charge in [0.05, 0.1) is 5.56 Å². The quantitative estimate of drug-likeness (QED) is 0.695. The van der Waals surface area contributed by atoms with E-state index >= 15 is 0 Å². The summed E-state index contributed by atoms with van der Waals surface area (Å²) in [5.41, 5.74) is 7.74. The lowest BCUT2D eigenvalue weighted by atomic mass is 9.98. The van der Waals surface area contributed by atoms with Crippen molar-refractivity contribution in [3.8, 4) is 17.1 Å². The van der Waals surface area contributed by atoms with Crippen LogP contribution >= 0.6 is 0 Å². The van der Waals surface area contributed by atoms with Gasteiger partial charge in [0.15, 0.2) is 5.82 Å². The normalized spacial score (nSPS) is 16.5. The molecule has 0 saturated heterocycles.